The number of carbonyl (C=O) groups excluding carboxylic acids is 3. The lowest BCUT2D eigenvalue weighted by molar-refractivity contribution is -0.132. The van der Waals surface area contributed by atoms with Gasteiger partial charge in [0.2, 0.25) is 12.7 Å². The van der Waals surface area contributed by atoms with E-state index in [1.165, 1.54) is 18.0 Å². The van der Waals surface area contributed by atoms with Gasteiger partial charge < -0.3 is 19.9 Å². The zero-order valence-corrected chi connectivity index (χ0v) is 18.0. The lowest BCUT2D eigenvalue weighted by atomic mass is 9.96. The van der Waals surface area contributed by atoms with E-state index in [4.69, 9.17) is 9.47 Å². The predicted octanol–water partition coefficient (Wildman–Crippen LogP) is 3.40. The number of hydrogen-bond acceptors (Lipinski definition) is 7. The van der Waals surface area contributed by atoms with Crippen LogP contribution in [-0.2, 0) is 14.4 Å². The Morgan fingerprint density at radius 3 is 2.68 bits per heavy atom. The number of ether oxygens (including phenoxy) is 2. The number of nitrogens with one attached hydrogen (secondary N) is 1. The third kappa shape index (κ3) is 3.62. The molecule has 3 aromatic rings. The van der Waals surface area contributed by atoms with Crippen LogP contribution in [0.25, 0.3) is 5.76 Å². The summed E-state index contributed by atoms with van der Waals surface area (Å²) in [5, 5.41) is 13.9. The van der Waals surface area contributed by atoms with E-state index in [-0.39, 0.29) is 24.0 Å². The van der Waals surface area contributed by atoms with Gasteiger partial charge in [0.15, 0.2) is 11.5 Å². The Morgan fingerprint density at radius 2 is 1.91 bits per heavy atom. The van der Waals surface area contributed by atoms with E-state index in [1.54, 1.807) is 60.8 Å². The minimum Gasteiger partial charge on any atom is -0.507 e. The number of fused-ring (bicyclic) bond motifs is 1. The molecule has 34 heavy (non-hydrogen) atoms. The molecule has 0 spiro atoms. The Labute approximate surface area is 194 Å². The van der Waals surface area contributed by atoms with Crippen LogP contribution in [0, 0.1) is 0 Å². The minimum absolute atomic E-state index is 0.0598. The molecule has 2 amide bonds. The number of aliphatic hydroxyl groups excluding tert-OH is 1. The molecule has 1 fully saturated rings. The molecule has 0 aliphatic carbocycles. The molecular formula is C25H19N3O6. The monoisotopic (exact) mass is 457 g/mol. The van der Waals surface area contributed by atoms with Gasteiger partial charge in [-0.3, -0.25) is 24.3 Å². The third-order valence-corrected chi connectivity index (χ3v) is 5.54. The molecule has 2 aliphatic heterocycles. The van der Waals surface area contributed by atoms with Crippen LogP contribution in [0.1, 0.15) is 24.1 Å². The highest BCUT2D eigenvalue weighted by molar-refractivity contribution is 6.51. The largest absolute Gasteiger partial charge is 0.507 e. The second-order valence-corrected chi connectivity index (χ2v) is 7.76. The van der Waals surface area contributed by atoms with E-state index in [2.05, 4.69) is 10.3 Å². The Bertz CT molecular complexity index is 1350. The number of aliphatic hydroxyl groups is 1. The molecule has 5 rings (SSSR count). The lowest BCUT2D eigenvalue weighted by Crippen LogP contribution is -2.29. The summed E-state index contributed by atoms with van der Waals surface area (Å²) in [6.45, 7) is 1.43. The average molecular weight is 457 g/mol. The van der Waals surface area contributed by atoms with Gasteiger partial charge in [-0.1, -0.05) is 12.1 Å². The summed E-state index contributed by atoms with van der Waals surface area (Å²) < 4.78 is 10.7. The molecule has 2 aromatic carbocycles. The molecule has 1 aromatic heterocycles. The topological polar surface area (TPSA) is 118 Å². The van der Waals surface area contributed by atoms with Gasteiger partial charge in [0, 0.05) is 36.3 Å². The van der Waals surface area contributed by atoms with Crippen LogP contribution in [0.4, 0.5) is 11.4 Å². The highest BCUT2D eigenvalue weighted by atomic mass is 16.7. The highest BCUT2D eigenvalue weighted by Gasteiger charge is 2.47. The molecule has 1 atom stereocenters. The molecule has 1 saturated heterocycles. The summed E-state index contributed by atoms with van der Waals surface area (Å²) in [6.07, 6.45) is 3.11. The summed E-state index contributed by atoms with van der Waals surface area (Å²) in [5.41, 5.74) is 1.61. The zero-order chi connectivity index (χ0) is 23.8. The fraction of sp³-hybridized carbons (Fsp3) is 0.120. The zero-order valence-electron chi connectivity index (χ0n) is 18.0. The van der Waals surface area contributed by atoms with E-state index in [1.807, 2.05) is 0 Å². The number of amides is 2. The molecule has 3 heterocycles. The summed E-state index contributed by atoms with van der Waals surface area (Å²) in [7, 11) is 0. The summed E-state index contributed by atoms with van der Waals surface area (Å²) in [5.74, 6) is -1.31. The number of Topliss-reactive ketones (excluding diaryl/α,β-unsaturated/α-hetero) is 1. The van der Waals surface area contributed by atoms with Crippen molar-refractivity contribution in [3.05, 3.63) is 83.7 Å². The molecule has 0 bridgehead atoms. The van der Waals surface area contributed by atoms with E-state index < -0.39 is 17.7 Å². The van der Waals surface area contributed by atoms with Crippen LogP contribution in [0.15, 0.2) is 72.6 Å². The third-order valence-electron chi connectivity index (χ3n) is 5.54. The number of ketones is 1. The maximum atomic E-state index is 13.2. The van der Waals surface area contributed by atoms with Gasteiger partial charge in [0.25, 0.3) is 11.7 Å². The first-order chi connectivity index (χ1) is 16.4. The maximum Gasteiger partial charge on any atom is 0.300 e. The first-order valence-electron chi connectivity index (χ1n) is 10.4. The number of aromatic nitrogens is 1. The fourth-order valence-electron chi connectivity index (χ4n) is 4.09. The van der Waals surface area contributed by atoms with Crippen LogP contribution in [0.2, 0.25) is 0 Å². The van der Waals surface area contributed by atoms with Crippen molar-refractivity contribution < 1.29 is 29.0 Å². The van der Waals surface area contributed by atoms with E-state index in [0.717, 1.165) is 0 Å². The Hall–Kier alpha value is -4.66. The van der Waals surface area contributed by atoms with Crippen molar-refractivity contribution in [1.82, 2.24) is 4.98 Å². The van der Waals surface area contributed by atoms with E-state index >= 15 is 0 Å². The van der Waals surface area contributed by atoms with Crippen molar-refractivity contribution in [2.75, 3.05) is 17.0 Å². The van der Waals surface area contributed by atoms with Gasteiger partial charge in [-0.15, -0.1) is 0 Å². The standard InChI is InChI=1S/C25H19N3O6/c1-14(29)27-17-5-2-6-18(11-17)28-22(16-4-3-9-26-12-16)21(24(31)25(28)32)23(30)15-7-8-19-20(10-15)34-13-33-19/h2-12,22,30H,13H2,1H3,(H,27,29)/b23-21-. The van der Waals surface area contributed by atoms with Gasteiger partial charge in [-0.25, -0.2) is 0 Å². The number of rotatable bonds is 4. The SMILES string of the molecule is CC(=O)Nc1cccc(N2C(=O)C(=O)/C(=C(\O)c3ccc4c(c3)OCO4)C2c2cccnc2)c1. The van der Waals surface area contributed by atoms with Gasteiger partial charge in [0.05, 0.1) is 11.6 Å². The van der Waals surface area contributed by atoms with Crippen LogP contribution in [-0.4, -0.2) is 34.5 Å². The van der Waals surface area contributed by atoms with Crippen LogP contribution < -0.4 is 19.7 Å². The first-order valence-corrected chi connectivity index (χ1v) is 10.4. The van der Waals surface area contributed by atoms with Gasteiger partial charge in [-0.05, 0) is 48.0 Å². The van der Waals surface area contributed by atoms with Gasteiger partial charge >= 0.3 is 0 Å². The van der Waals surface area contributed by atoms with Crippen molar-refractivity contribution in [2.45, 2.75) is 13.0 Å². The summed E-state index contributed by atoms with van der Waals surface area (Å²) in [4.78, 5) is 43.4. The normalized spacial score (nSPS) is 18.3. The molecule has 9 heteroatoms. The molecule has 1 unspecified atom stereocenters. The van der Waals surface area contributed by atoms with Crippen molar-refractivity contribution in [1.29, 1.82) is 0 Å². The molecule has 0 radical (unpaired) electrons. The highest BCUT2D eigenvalue weighted by Crippen LogP contribution is 2.43. The van der Waals surface area contributed by atoms with Crippen LogP contribution in [0.3, 0.4) is 0 Å². The number of nitrogens with zero attached hydrogens (tertiary/aromatic N) is 2. The molecule has 9 nitrogen and oxygen atoms in total. The second-order valence-electron chi connectivity index (χ2n) is 7.76. The average Bonchev–Trinajstić information content (AvgIpc) is 3.41. The fourth-order valence-corrected chi connectivity index (χ4v) is 4.09. The number of carbonyl (C=O) groups is 3. The Balaban J connectivity index is 1.67. The van der Waals surface area contributed by atoms with Crippen molar-refractivity contribution >= 4 is 34.7 Å². The predicted molar refractivity (Wildman–Crippen MR) is 122 cm³/mol. The summed E-state index contributed by atoms with van der Waals surface area (Å²) >= 11 is 0. The van der Waals surface area contributed by atoms with Crippen molar-refractivity contribution in [2.24, 2.45) is 0 Å². The number of benzene rings is 2. The number of anilines is 2. The quantitative estimate of drug-likeness (QED) is 0.350. The molecular weight excluding hydrogens is 438 g/mol. The first kappa shape index (κ1) is 21.2. The van der Waals surface area contributed by atoms with E-state index in [0.29, 0.717) is 34.0 Å². The Morgan fingerprint density at radius 1 is 1.09 bits per heavy atom. The minimum atomic E-state index is -0.938. The summed E-state index contributed by atoms with van der Waals surface area (Å²) in [6, 6.07) is 13.8. The maximum absolute atomic E-state index is 13.2. The van der Waals surface area contributed by atoms with Crippen molar-refractivity contribution in [3.8, 4) is 11.5 Å². The second kappa shape index (κ2) is 8.36. The molecule has 2 aliphatic rings. The van der Waals surface area contributed by atoms with Gasteiger partial charge in [0.1, 0.15) is 5.76 Å². The molecule has 0 saturated carbocycles. The number of hydrogen-bond donors (Lipinski definition) is 2. The molecule has 2 N–H and O–H groups in total. The number of pyridine rings is 1. The Kier molecular flexibility index (Phi) is 5.21. The smallest absolute Gasteiger partial charge is 0.300 e. The van der Waals surface area contributed by atoms with Crippen LogP contribution in [0.5, 0.6) is 11.5 Å². The van der Waals surface area contributed by atoms with E-state index in [9.17, 15) is 19.5 Å². The molecule has 170 valence electrons. The van der Waals surface area contributed by atoms with Gasteiger partial charge in [-0.2, -0.15) is 0 Å². The lowest BCUT2D eigenvalue weighted by Gasteiger charge is -2.25. The van der Waals surface area contributed by atoms with Crippen molar-refractivity contribution in [3.63, 3.8) is 0 Å². The van der Waals surface area contributed by atoms with Crippen LogP contribution >= 0.6 is 0 Å².